The van der Waals surface area contributed by atoms with Crippen LogP contribution < -0.4 is 5.32 Å². The van der Waals surface area contributed by atoms with E-state index in [0.29, 0.717) is 11.2 Å². The Balaban J connectivity index is 1.72. The summed E-state index contributed by atoms with van der Waals surface area (Å²) in [7, 11) is 0. The largest absolute Gasteiger partial charge is 0.354 e. The SMILES string of the molecule is O=C1NCC2C1CCCN2Cc1ccc(Cl)nn1. The highest BCUT2D eigenvalue weighted by Crippen LogP contribution is 2.28. The Morgan fingerprint density at radius 3 is 3.11 bits per heavy atom. The summed E-state index contributed by atoms with van der Waals surface area (Å²) in [6.07, 6.45) is 2.06. The number of rotatable bonds is 2. The van der Waals surface area contributed by atoms with Gasteiger partial charge in [0.2, 0.25) is 5.91 Å². The molecule has 6 heteroatoms. The molecule has 1 aromatic rings. The van der Waals surface area contributed by atoms with Crippen molar-refractivity contribution in [2.45, 2.75) is 25.4 Å². The summed E-state index contributed by atoms with van der Waals surface area (Å²) in [4.78, 5) is 14.0. The maximum absolute atomic E-state index is 11.7. The normalized spacial score (nSPS) is 27.9. The molecule has 2 atom stereocenters. The number of piperidine rings is 1. The van der Waals surface area contributed by atoms with E-state index in [4.69, 9.17) is 11.6 Å². The standard InChI is InChI=1S/C12H15ClN4O/c13-11-4-3-8(15-16-11)7-17-5-1-2-9-10(17)6-14-12(9)18/h3-4,9-10H,1-2,5-7H2,(H,14,18). The van der Waals surface area contributed by atoms with Gasteiger partial charge in [0.25, 0.3) is 0 Å². The minimum Gasteiger partial charge on any atom is -0.354 e. The van der Waals surface area contributed by atoms with Crippen molar-refractivity contribution in [3.63, 3.8) is 0 Å². The third kappa shape index (κ3) is 2.20. The average Bonchev–Trinajstić information content (AvgIpc) is 2.76. The highest BCUT2D eigenvalue weighted by atomic mass is 35.5. The van der Waals surface area contributed by atoms with E-state index in [0.717, 1.165) is 38.2 Å². The van der Waals surface area contributed by atoms with Gasteiger partial charge in [-0.05, 0) is 31.5 Å². The van der Waals surface area contributed by atoms with Gasteiger partial charge in [0, 0.05) is 19.1 Å². The Kier molecular flexibility index (Phi) is 3.18. The molecule has 96 valence electrons. The molecule has 2 saturated heterocycles. The first-order chi connectivity index (χ1) is 8.74. The van der Waals surface area contributed by atoms with Gasteiger partial charge in [-0.25, -0.2) is 0 Å². The first-order valence-electron chi connectivity index (χ1n) is 6.24. The van der Waals surface area contributed by atoms with Crippen LogP contribution in [0.2, 0.25) is 5.15 Å². The monoisotopic (exact) mass is 266 g/mol. The molecule has 3 rings (SSSR count). The van der Waals surface area contributed by atoms with E-state index in [-0.39, 0.29) is 11.8 Å². The van der Waals surface area contributed by atoms with Gasteiger partial charge in [-0.1, -0.05) is 11.6 Å². The second-order valence-corrected chi connectivity index (χ2v) is 5.27. The Morgan fingerprint density at radius 2 is 2.33 bits per heavy atom. The van der Waals surface area contributed by atoms with E-state index < -0.39 is 0 Å². The van der Waals surface area contributed by atoms with Crippen molar-refractivity contribution in [2.75, 3.05) is 13.1 Å². The molecule has 5 nitrogen and oxygen atoms in total. The zero-order chi connectivity index (χ0) is 12.5. The molecular weight excluding hydrogens is 252 g/mol. The predicted molar refractivity (Wildman–Crippen MR) is 67.0 cm³/mol. The maximum atomic E-state index is 11.7. The van der Waals surface area contributed by atoms with Crippen molar-refractivity contribution >= 4 is 17.5 Å². The first-order valence-corrected chi connectivity index (χ1v) is 6.62. The summed E-state index contributed by atoms with van der Waals surface area (Å²) in [5, 5.41) is 11.3. The molecular formula is C12H15ClN4O. The lowest BCUT2D eigenvalue weighted by atomic mass is 9.91. The minimum atomic E-state index is 0.152. The maximum Gasteiger partial charge on any atom is 0.224 e. The molecule has 2 aliphatic rings. The predicted octanol–water partition coefficient (Wildman–Crippen LogP) is 0.840. The van der Waals surface area contributed by atoms with Crippen LogP contribution in [-0.2, 0) is 11.3 Å². The number of aromatic nitrogens is 2. The second-order valence-electron chi connectivity index (χ2n) is 4.88. The third-order valence-corrected chi connectivity index (χ3v) is 3.97. The average molecular weight is 267 g/mol. The molecule has 1 amide bonds. The van der Waals surface area contributed by atoms with Gasteiger partial charge in [-0.15, -0.1) is 5.10 Å². The van der Waals surface area contributed by atoms with Gasteiger partial charge in [0.15, 0.2) is 5.15 Å². The summed E-state index contributed by atoms with van der Waals surface area (Å²) in [5.41, 5.74) is 0.902. The van der Waals surface area contributed by atoms with Crippen LogP contribution in [0.5, 0.6) is 0 Å². The summed E-state index contributed by atoms with van der Waals surface area (Å²) >= 11 is 5.72. The summed E-state index contributed by atoms with van der Waals surface area (Å²) in [5.74, 6) is 0.353. The van der Waals surface area contributed by atoms with E-state index in [2.05, 4.69) is 20.4 Å². The molecule has 0 bridgehead atoms. The zero-order valence-electron chi connectivity index (χ0n) is 9.97. The van der Waals surface area contributed by atoms with Crippen LogP contribution in [0, 0.1) is 5.92 Å². The molecule has 2 unspecified atom stereocenters. The van der Waals surface area contributed by atoms with E-state index >= 15 is 0 Å². The lowest BCUT2D eigenvalue weighted by Gasteiger charge is -2.35. The fourth-order valence-corrected chi connectivity index (χ4v) is 2.97. The number of carbonyl (C=O) groups excluding carboxylic acids is 1. The van der Waals surface area contributed by atoms with E-state index in [1.54, 1.807) is 6.07 Å². The molecule has 2 aliphatic heterocycles. The van der Waals surface area contributed by atoms with Crippen LogP contribution in [0.15, 0.2) is 12.1 Å². The highest BCUT2D eigenvalue weighted by Gasteiger charge is 2.40. The number of halogens is 1. The fourth-order valence-electron chi connectivity index (χ4n) is 2.87. The molecule has 0 saturated carbocycles. The molecule has 0 spiro atoms. The zero-order valence-corrected chi connectivity index (χ0v) is 10.7. The van der Waals surface area contributed by atoms with Crippen molar-refractivity contribution in [3.05, 3.63) is 23.0 Å². The van der Waals surface area contributed by atoms with Gasteiger partial charge < -0.3 is 5.32 Å². The number of amides is 1. The van der Waals surface area contributed by atoms with Crippen LogP contribution in [0.4, 0.5) is 0 Å². The number of fused-ring (bicyclic) bond motifs is 1. The highest BCUT2D eigenvalue weighted by molar-refractivity contribution is 6.29. The molecule has 18 heavy (non-hydrogen) atoms. The fraction of sp³-hybridized carbons (Fsp3) is 0.583. The Labute approximate surface area is 111 Å². The molecule has 1 aromatic heterocycles. The Morgan fingerprint density at radius 1 is 1.44 bits per heavy atom. The summed E-state index contributed by atoms with van der Waals surface area (Å²) < 4.78 is 0. The van der Waals surface area contributed by atoms with Crippen molar-refractivity contribution in [1.82, 2.24) is 20.4 Å². The minimum absolute atomic E-state index is 0.152. The van der Waals surface area contributed by atoms with Crippen molar-refractivity contribution in [2.24, 2.45) is 5.92 Å². The quantitative estimate of drug-likeness (QED) is 0.862. The van der Waals surface area contributed by atoms with Crippen LogP contribution in [0.1, 0.15) is 18.5 Å². The Hall–Kier alpha value is -1.20. The van der Waals surface area contributed by atoms with Gasteiger partial charge in [0.05, 0.1) is 11.6 Å². The van der Waals surface area contributed by atoms with Gasteiger partial charge in [-0.3, -0.25) is 9.69 Å². The number of hydrogen-bond donors (Lipinski definition) is 1. The molecule has 0 aromatic carbocycles. The third-order valence-electron chi connectivity index (χ3n) is 3.77. The van der Waals surface area contributed by atoms with Gasteiger partial charge >= 0.3 is 0 Å². The molecule has 3 heterocycles. The molecule has 0 radical (unpaired) electrons. The van der Waals surface area contributed by atoms with Crippen LogP contribution in [-0.4, -0.2) is 40.1 Å². The number of hydrogen-bond acceptors (Lipinski definition) is 4. The lowest BCUT2D eigenvalue weighted by Crippen LogP contribution is -2.45. The van der Waals surface area contributed by atoms with Crippen molar-refractivity contribution in [1.29, 1.82) is 0 Å². The van der Waals surface area contributed by atoms with E-state index in [1.165, 1.54) is 0 Å². The molecule has 1 N–H and O–H groups in total. The number of carbonyl (C=O) groups is 1. The Bertz CT molecular complexity index is 450. The number of nitrogens with one attached hydrogen (secondary N) is 1. The number of likely N-dealkylation sites (tertiary alicyclic amines) is 1. The molecule has 0 aliphatic carbocycles. The molecule has 2 fully saturated rings. The van der Waals surface area contributed by atoms with E-state index in [1.807, 2.05) is 6.07 Å². The summed E-state index contributed by atoms with van der Waals surface area (Å²) in [6.45, 7) is 2.51. The van der Waals surface area contributed by atoms with Crippen molar-refractivity contribution in [3.8, 4) is 0 Å². The van der Waals surface area contributed by atoms with E-state index in [9.17, 15) is 4.79 Å². The van der Waals surface area contributed by atoms with Crippen LogP contribution in [0.3, 0.4) is 0 Å². The second kappa shape index (κ2) is 4.82. The topological polar surface area (TPSA) is 58.1 Å². The van der Waals surface area contributed by atoms with Crippen molar-refractivity contribution < 1.29 is 4.79 Å². The van der Waals surface area contributed by atoms with Gasteiger partial charge in [-0.2, -0.15) is 5.10 Å². The van der Waals surface area contributed by atoms with Gasteiger partial charge in [0.1, 0.15) is 0 Å². The van der Waals surface area contributed by atoms with Crippen LogP contribution >= 0.6 is 11.6 Å². The summed E-state index contributed by atoms with van der Waals surface area (Å²) in [6, 6.07) is 3.95. The first kappa shape index (κ1) is 11.9. The number of nitrogens with zero attached hydrogens (tertiary/aromatic N) is 3. The van der Waals surface area contributed by atoms with Crippen LogP contribution in [0.25, 0.3) is 0 Å². The lowest BCUT2D eigenvalue weighted by molar-refractivity contribution is -0.124. The smallest absolute Gasteiger partial charge is 0.224 e.